The minimum atomic E-state index is -0.999. The van der Waals surface area contributed by atoms with Crippen molar-refractivity contribution in [2.45, 2.75) is 19.4 Å². The van der Waals surface area contributed by atoms with Gasteiger partial charge < -0.3 is 10.4 Å². The summed E-state index contributed by atoms with van der Waals surface area (Å²) >= 11 is 0. The lowest BCUT2D eigenvalue weighted by molar-refractivity contribution is -0.140. The Labute approximate surface area is 108 Å². The van der Waals surface area contributed by atoms with Crippen LogP contribution in [0, 0.1) is 23.5 Å². The Morgan fingerprint density at radius 1 is 1.37 bits per heavy atom. The third-order valence-electron chi connectivity index (χ3n) is 3.23. The predicted octanol–water partition coefficient (Wildman–Crippen LogP) is 1.86. The van der Waals surface area contributed by atoms with Crippen molar-refractivity contribution in [3.63, 3.8) is 0 Å². The van der Waals surface area contributed by atoms with E-state index >= 15 is 0 Å². The van der Waals surface area contributed by atoms with Crippen LogP contribution in [0.1, 0.15) is 24.9 Å². The first-order valence-electron chi connectivity index (χ1n) is 5.88. The van der Waals surface area contributed by atoms with E-state index in [1.807, 2.05) is 0 Å². The Balaban J connectivity index is 2.00. The van der Waals surface area contributed by atoms with Crippen LogP contribution in [0.4, 0.5) is 8.78 Å². The van der Waals surface area contributed by atoms with Crippen LogP contribution >= 0.6 is 0 Å². The number of halogens is 2. The van der Waals surface area contributed by atoms with Crippen molar-refractivity contribution in [2.75, 3.05) is 0 Å². The van der Waals surface area contributed by atoms with Crippen LogP contribution < -0.4 is 5.32 Å². The number of benzene rings is 1. The molecule has 0 unspecified atom stereocenters. The van der Waals surface area contributed by atoms with Gasteiger partial charge in [-0.25, -0.2) is 8.78 Å². The van der Waals surface area contributed by atoms with E-state index in [4.69, 9.17) is 5.11 Å². The van der Waals surface area contributed by atoms with Gasteiger partial charge in [-0.1, -0.05) is 6.07 Å². The molecule has 0 aromatic heterocycles. The average molecular weight is 269 g/mol. The molecule has 1 aromatic carbocycles. The van der Waals surface area contributed by atoms with Gasteiger partial charge in [-0.05, 0) is 19.4 Å². The maximum atomic E-state index is 13.5. The van der Waals surface area contributed by atoms with Crippen molar-refractivity contribution >= 4 is 11.9 Å². The monoisotopic (exact) mass is 269 g/mol. The van der Waals surface area contributed by atoms with Crippen molar-refractivity contribution in [3.05, 3.63) is 35.4 Å². The molecule has 2 N–H and O–H groups in total. The van der Waals surface area contributed by atoms with Gasteiger partial charge in [0.15, 0.2) is 0 Å². The maximum Gasteiger partial charge on any atom is 0.307 e. The molecule has 3 atom stereocenters. The first-order chi connectivity index (χ1) is 8.90. The third kappa shape index (κ3) is 2.89. The van der Waals surface area contributed by atoms with E-state index in [1.54, 1.807) is 6.92 Å². The Kier molecular flexibility index (Phi) is 3.50. The van der Waals surface area contributed by atoms with Crippen molar-refractivity contribution in [2.24, 2.45) is 11.8 Å². The molecule has 0 spiro atoms. The summed E-state index contributed by atoms with van der Waals surface area (Å²) in [7, 11) is 0. The molecule has 1 fully saturated rings. The molecule has 1 aliphatic rings. The largest absolute Gasteiger partial charge is 0.481 e. The van der Waals surface area contributed by atoms with Crippen LogP contribution in [0.3, 0.4) is 0 Å². The zero-order chi connectivity index (χ0) is 14.2. The van der Waals surface area contributed by atoms with Gasteiger partial charge >= 0.3 is 5.97 Å². The summed E-state index contributed by atoms with van der Waals surface area (Å²) in [5, 5.41) is 11.3. The summed E-state index contributed by atoms with van der Waals surface area (Å²) in [5.41, 5.74) is 0.169. The van der Waals surface area contributed by atoms with Crippen molar-refractivity contribution in [1.82, 2.24) is 5.32 Å². The highest BCUT2D eigenvalue weighted by Gasteiger charge is 2.48. The number of nitrogens with one attached hydrogen (secondary N) is 1. The fraction of sp³-hybridized carbons (Fsp3) is 0.385. The number of carboxylic acids is 1. The van der Waals surface area contributed by atoms with Gasteiger partial charge in [-0.3, -0.25) is 9.59 Å². The van der Waals surface area contributed by atoms with Crippen LogP contribution in [-0.4, -0.2) is 17.0 Å². The van der Waals surface area contributed by atoms with E-state index in [1.165, 1.54) is 6.07 Å². The minimum Gasteiger partial charge on any atom is -0.481 e. The van der Waals surface area contributed by atoms with Gasteiger partial charge in [-0.2, -0.15) is 0 Å². The predicted molar refractivity (Wildman–Crippen MR) is 62.1 cm³/mol. The summed E-state index contributed by atoms with van der Waals surface area (Å²) in [5.74, 6) is -4.04. The quantitative estimate of drug-likeness (QED) is 0.876. The molecule has 2 rings (SSSR count). The van der Waals surface area contributed by atoms with Crippen LogP contribution in [-0.2, 0) is 9.59 Å². The molecule has 19 heavy (non-hydrogen) atoms. The number of hydrogen-bond donors (Lipinski definition) is 2. The lowest BCUT2D eigenvalue weighted by Gasteiger charge is -2.15. The van der Waals surface area contributed by atoms with Gasteiger partial charge in [0, 0.05) is 11.6 Å². The topological polar surface area (TPSA) is 66.4 Å². The first kappa shape index (κ1) is 13.5. The number of carbonyl (C=O) groups excluding carboxylic acids is 1. The Morgan fingerprint density at radius 3 is 2.58 bits per heavy atom. The Morgan fingerprint density at radius 2 is 2.05 bits per heavy atom. The van der Waals surface area contributed by atoms with Gasteiger partial charge in [-0.15, -0.1) is 0 Å². The van der Waals surface area contributed by atoms with Crippen LogP contribution in [0.15, 0.2) is 18.2 Å². The highest BCUT2D eigenvalue weighted by atomic mass is 19.1. The molecule has 0 radical (unpaired) electrons. The van der Waals surface area contributed by atoms with Crippen molar-refractivity contribution < 1.29 is 23.5 Å². The second-order valence-electron chi connectivity index (χ2n) is 4.68. The molecule has 4 nitrogen and oxygen atoms in total. The molecule has 0 saturated heterocycles. The lowest BCUT2D eigenvalue weighted by atomic mass is 10.1. The second-order valence-corrected chi connectivity index (χ2v) is 4.68. The fourth-order valence-electron chi connectivity index (χ4n) is 2.01. The number of aliphatic carboxylic acids is 1. The highest BCUT2D eigenvalue weighted by molar-refractivity contribution is 5.89. The summed E-state index contributed by atoms with van der Waals surface area (Å²) < 4.78 is 26.2. The van der Waals surface area contributed by atoms with Crippen LogP contribution in [0.25, 0.3) is 0 Å². The molecule has 1 amide bonds. The van der Waals surface area contributed by atoms with Gasteiger partial charge in [0.05, 0.1) is 17.9 Å². The number of hydrogen-bond acceptors (Lipinski definition) is 2. The van der Waals surface area contributed by atoms with Crippen LogP contribution in [0.5, 0.6) is 0 Å². The second kappa shape index (κ2) is 4.95. The molecule has 0 bridgehead atoms. The van der Waals surface area contributed by atoms with E-state index in [9.17, 15) is 18.4 Å². The fourth-order valence-corrected chi connectivity index (χ4v) is 2.01. The minimum absolute atomic E-state index is 0.169. The molecule has 102 valence electrons. The van der Waals surface area contributed by atoms with Gasteiger partial charge in [0.1, 0.15) is 11.6 Å². The number of carbonyl (C=O) groups is 2. The number of rotatable bonds is 4. The smallest absolute Gasteiger partial charge is 0.307 e. The molecule has 1 saturated carbocycles. The molecule has 1 aromatic rings. The van der Waals surface area contributed by atoms with Gasteiger partial charge in [0.2, 0.25) is 5.91 Å². The summed E-state index contributed by atoms with van der Waals surface area (Å²) in [4.78, 5) is 22.4. The van der Waals surface area contributed by atoms with E-state index < -0.39 is 41.4 Å². The zero-order valence-electron chi connectivity index (χ0n) is 10.2. The molecule has 6 heteroatoms. The Bertz CT molecular complexity index is 533. The molecule has 1 aliphatic carbocycles. The molecular weight excluding hydrogens is 256 g/mol. The van der Waals surface area contributed by atoms with Crippen LogP contribution in [0.2, 0.25) is 0 Å². The van der Waals surface area contributed by atoms with E-state index in [-0.39, 0.29) is 5.56 Å². The van der Waals surface area contributed by atoms with E-state index in [0.717, 1.165) is 12.1 Å². The van der Waals surface area contributed by atoms with Gasteiger partial charge in [0.25, 0.3) is 0 Å². The molecule has 0 heterocycles. The Hall–Kier alpha value is -1.98. The SMILES string of the molecule is C[C@H](NC(=O)[C@H]1C[C@H]1C(=O)O)c1ccc(F)cc1F. The average Bonchev–Trinajstić information content (AvgIpc) is 3.08. The summed E-state index contributed by atoms with van der Waals surface area (Å²) in [6.07, 6.45) is 0.305. The maximum absolute atomic E-state index is 13.5. The zero-order valence-corrected chi connectivity index (χ0v) is 10.2. The number of amides is 1. The normalized spacial score (nSPS) is 22.7. The van der Waals surface area contributed by atoms with Crippen molar-refractivity contribution in [1.29, 1.82) is 0 Å². The van der Waals surface area contributed by atoms with E-state index in [0.29, 0.717) is 6.42 Å². The number of carboxylic acid groups (broad SMARTS) is 1. The molecular formula is C13H13F2NO3. The summed E-state index contributed by atoms with van der Waals surface area (Å²) in [6, 6.07) is 2.48. The lowest BCUT2D eigenvalue weighted by Crippen LogP contribution is -2.29. The third-order valence-corrected chi connectivity index (χ3v) is 3.23. The standard InChI is InChI=1S/C13H13F2NO3/c1-6(8-3-2-7(14)4-11(8)15)16-12(17)9-5-10(9)13(18)19/h2-4,6,9-10H,5H2,1H3,(H,16,17)(H,18,19)/t6-,9-,10+/m0/s1. The first-order valence-corrected chi connectivity index (χ1v) is 5.88. The van der Waals surface area contributed by atoms with Crippen molar-refractivity contribution in [3.8, 4) is 0 Å². The molecule has 0 aliphatic heterocycles. The van der Waals surface area contributed by atoms with E-state index in [2.05, 4.69) is 5.32 Å². The summed E-state index contributed by atoms with van der Waals surface area (Å²) in [6.45, 7) is 1.56. The highest BCUT2D eigenvalue weighted by Crippen LogP contribution is 2.39.